The third-order valence-corrected chi connectivity index (χ3v) is 5.82. The number of hydrogen-bond acceptors (Lipinski definition) is 3. The summed E-state index contributed by atoms with van der Waals surface area (Å²) in [5, 5.41) is 0.989. The normalized spacial score (nSPS) is 12.3. The standard InChI is InChI=1S/C25H21NO3/c1-28-19-7-3-16(4-8-19)18-6-10-21-23(15-27)25-22-14-20(29-2)9-5-17(22)11-12-26(25)24(21)13-18/h3-10,13-15H,11-12H2,1-2H3. The van der Waals surface area contributed by atoms with Gasteiger partial charge in [0.15, 0.2) is 6.29 Å². The number of carbonyl (C=O) groups excluding carboxylic acids is 1. The van der Waals surface area contributed by atoms with Crippen LogP contribution in [0.25, 0.3) is 33.3 Å². The largest absolute Gasteiger partial charge is 0.497 e. The predicted octanol–water partition coefficient (Wildman–Crippen LogP) is 5.36. The van der Waals surface area contributed by atoms with E-state index in [0.29, 0.717) is 0 Å². The van der Waals surface area contributed by atoms with Gasteiger partial charge in [-0.05, 0) is 53.4 Å². The third kappa shape index (κ3) is 2.71. The Labute approximate surface area is 169 Å². The van der Waals surface area contributed by atoms with Crippen LogP contribution >= 0.6 is 0 Å². The van der Waals surface area contributed by atoms with Crippen molar-refractivity contribution in [2.24, 2.45) is 0 Å². The van der Waals surface area contributed by atoms with E-state index in [2.05, 4.69) is 41.0 Å². The number of ether oxygens (including phenoxy) is 2. The van der Waals surface area contributed by atoms with Gasteiger partial charge >= 0.3 is 0 Å². The molecule has 4 heteroatoms. The van der Waals surface area contributed by atoms with Crippen molar-refractivity contribution < 1.29 is 14.3 Å². The van der Waals surface area contributed by atoms with Gasteiger partial charge in [-0.3, -0.25) is 4.79 Å². The third-order valence-electron chi connectivity index (χ3n) is 5.82. The molecule has 144 valence electrons. The van der Waals surface area contributed by atoms with Crippen molar-refractivity contribution in [2.75, 3.05) is 14.2 Å². The fraction of sp³-hybridized carbons (Fsp3) is 0.160. The molecule has 1 aliphatic heterocycles. The first kappa shape index (κ1) is 17.6. The fourth-order valence-electron chi connectivity index (χ4n) is 4.33. The molecule has 1 aliphatic rings. The molecule has 0 aliphatic carbocycles. The highest BCUT2D eigenvalue weighted by molar-refractivity contribution is 6.06. The minimum absolute atomic E-state index is 0.746. The van der Waals surface area contributed by atoms with E-state index in [9.17, 15) is 4.79 Å². The first-order valence-electron chi connectivity index (χ1n) is 9.66. The molecule has 4 nitrogen and oxygen atoms in total. The summed E-state index contributed by atoms with van der Waals surface area (Å²) in [5.74, 6) is 1.64. The molecule has 0 N–H and O–H groups in total. The first-order valence-corrected chi connectivity index (χ1v) is 9.66. The average Bonchev–Trinajstić information content (AvgIpc) is 3.12. The topological polar surface area (TPSA) is 40.5 Å². The summed E-state index contributed by atoms with van der Waals surface area (Å²) in [6.07, 6.45) is 1.91. The molecular weight excluding hydrogens is 362 g/mol. The van der Waals surface area contributed by atoms with Gasteiger partial charge in [0.05, 0.1) is 19.9 Å². The molecule has 0 bridgehead atoms. The van der Waals surface area contributed by atoms with Gasteiger partial charge in [0.25, 0.3) is 0 Å². The highest BCUT2D eigenvalue weighted by Gasteiger charge is 2.24. The Bertz CT molecular complexity index is 1240. The van der Waals surface area contributed by atoms with Gasteiger partial charge in [-0.2, -0.15) is 0 Å². The molecule has 0 unspecified atom stereocenters. The molecule has 4 aromatic rings. The van der Waals surface area contributed by atoms with Gasteiger partial charge < -0.3 is 14.0 Å². The predicted molar refractivity (Wildman–Crippen MR) is 115 cm³/mol. The highest BCUT2D eigenvalue weighted by atomic mass is 16.5. The van der Waals surface area contributed by atoms with Crippen LogP contribution < -0.4 is 9.47 Å². The molecule has 5 rings (SSSR count). The molecule has 0 fully saturated rings. The van der Waals surface area contributed by atoms with E-state index in [0.717, 1.165) is 69.6 Å². The SMILES string of the molecule is COc1ccc(-c2ccc3c(C=O)c4n(c3c2)CCc2ccc(OC)cc2-4)cc1. The number of rotatable bonds is 4. The van der Waals surface area contributed by atoms with Gasteiger partial charge in [0.2, 0.25) is 0 Å². The molecule has 0 saturated heterocycles. The molecule has 1 aromatic heterocycles. The van der Waals surface area contributed by atoms with Gasteiger partial charge in [-0.1, -0.05) is 30.3 Å². The number of fused-ring (bicyclic) bond motifs is 5. The number of hydrogen-bond donors (Lipinski definition) is 0. The highest BCUT2D eigenvalue weighted by Crippen LogP contribution is 2.40. The van der Waals surface area contributed by atoms with Crippen LogP contribution in [0.15, 0.2) is 60.7 Å². The van der Waals surface area contributed by atoms with Gasteiger partial charge in [-0.15, -0.1) is 0 Å². The van der Waals surface area contributed by atoms with Crippen molar-refractivity contribution >= 4 is 17.2 Å². The minimum atomic E-state index is 0.746. The zero-order chi connectivity index (χ0) is 20.0. The number of benzene rings is 3. The van der Waals surface area contributed by atoms with Crippen LogP contribution in [0.1, 0.15) is 15.9 Å². The Kier molecular flexibility index (Phi) is 4.13. The van der Waals surface area contributed by atoms with Crippen LogP contribution in [0.5, 0.6) is 11.5 Å². The van der Waals surface area contributed by atoms with E-state index in [1.165, 1.54) is 5.56 Å². The molecule has 0 saturated carbocycles. The zero-order valence-electron chi connectivity index (χ0n) is 16.4. The second kappa shape index (κ2) is 6.82. The van der Waals surface area contributed by atoms with Crippen molar-refractivity contribution in [3.8, 4) is 33.9 Å². The summed E-state index contributed by atoms with van der Waals surface area (Å²) in [7, 11) is 3.34. The second-order valence-electron chi connectivity index (χ2n) is 7.27. The summed E-state index contributed by atoms with van der Waals surface area (Å²) < 4.78 is 13.0. The summed E-state index contributed by atoms with van der Waals surface area (Å²) in [6.45, 7) is 0.852. The quantitative estimate of drug-likeness (QED) is 0.445. The smallest absolute Gasteiger partial charge is 0.152 e. The maximum absolute atomic E-state index is 12.1. The van der Waals surface area contributed by atoms with E-state index >= 15 is 0 Å². The lowest BCUT2D eigenvalue weighted by Crippen LogP contribution is -2.11. The summed E-state index contributed by atoms with van der Waals surface area (Å²) in [4.78, 5) is 12.1. The molecule has 29 heavy (non-hydrogen) atoms. The Morgan fingerprint density at radius 2 is 1.59 bits per heavy atom. The van der Waals surface area contributed by atoms with Gasteiger partial charge in [-0.25, -0.2) is 0 Å². The summed E-state index contributed by atoms with van der Waals surface area (Å²) in [6, 6.07) is 20.5. The molecule has 0 radical (unpaired) electrons. The van der Waals surface area contributed by atoms with E-state index in [1.54, 1.807) is 14.2 Å². The minimum Gasteiger partial charge on any atom is -0.497 e. The Morgan fingerprint density at radius 1 is 0.862 bits per heavy atom. The van der Waals surface area contributed by atoms with Crippen LogP contribution in [0.3, 0.4) is 0 Å². The van der Waals surface area contributed by atoms with Crippen molar-refractivity contribution in [3.05, 3.63) is 71.8 Å². The van der Waals surface area contributed by atoms with Gasteiger partial charge in [0.1, 0.15) is 11.5 Å². The van der Waals surface area contributed by atoms with Crippen LogP contribution in [-0.4, -0.2) is 25.1 Å². The molecular formula is C25H21NO3. The van der Waals surface area contributed by atoms with Crippen molar-refractivity contribution in [3.63, 3.8) is 0 Å². The Morgan fingerprint density at radius 3 is 2.31 bits per heavy atom. The number of methoxy groups -OCH3 is 2. The Hall–Kier alpha value is -3.53. The molecule has 3 aromatic carbocycles. The van der Waals surface area contributed by atoms with Crippen molar-refractivity contribution in [1.82, 2.24) is 4.57 Å². The lowest BCUT2D eigenvalue weighted by molar-refractivity contribution is 0.112. The lowest BCUT2D eigenvalue weighted by Gasteiger charge is -2.21. The number of aromatic nitrogens is 1. The van der Waals surface area contributed by atoms with Crippen LogP contribution in [0.4, 0.5) is 0 Å². The monoisotopic (exact) mass is 383 g/mol. The number of aryl methyl sites for hydroxylation is 2. The van der Waals surface area contributed by atoms with E-state index < -0.39 is 0 Å². The van der Waals surface area contributed by atoms with E-state index in [-0.39, 0.29) is 0 Å². The molecule has 0 spiro atoms. The van der Waals surface area contributed by atoms with Gasteiger partial charge in [0, 0.05) is 28.6 Å². The van der Waals surface area contributed by atoms with Crippen LogP contribution in [0, 0.1) is 0 Å². The summed E-state index contributed by atoms with van der Waals surface area (Å²) >= 11 is 0. The van der Waals surface area contributed by atoms with Crippen molar-refractivity contribution in [1.29, 1.82) is 0 Å². The maximum atomic E-state index is 12.1. The number of aldehydes is 1. The zero-order valence-corrected chi connectivity index (χ0v) is 16.4. The van der Waals surface area contributed by atoms with E-state index in [4.69, 9.17) is 9.47 Å². The first-order chi connectivity index (χ1) is 14.2. The second-order valence-corrected chi connectivity index (χ2v) is 7.27. The lowest BCUT2D eigenvalue weighted by atomic mass is 9.96. The molecule has 0 amide bonds. The van der Waals surface area contributed by atoms with Crippen molar-refractivity contribution in [2.45, 2.75) is 13.0 Å². The Balaban J connectivity index is 1.73. The molecule has 0 atom stereocenters. The maximum Gasteiger partial charge on any atom is 0.152 e. The number of nitrogens with zero attached hydrogens (tertiary/aromatic N) is 1. The van der Waals surface area contributed by atoms with Crippen LogP contribution in [-0.2, 0) is 13.0 Å². The van der Waals surface area contributed by atoms with Crippen LogP contribution in [0.2, 0.25) is 0 Å². The summed E-state index contributed by atoms with van der Waals surface area (Å²) in [5.41, 5.74) is 7.39. The van der Waals surface area contributed by atoms with E-state index in [1.807, 2.05) is 24.3 Å². The fourth-order valence-corrected chi connectivity index (χ4v) is 4.33. The molecule has 2 heterocycles. The number of carbonyl (C=O) groups is 1. The average molecular weight is 383 g/mol.